The summed E-state index contributed by atoms with van der Waals surface area (Å²) in [6, 6.07) is 6.42. The Morgan fingerprint density at radius 3 is 2.87 bits per heavy atom. The Hall–Kier alpha value is -1.75. The molecule has 78 valence electrons. The summed E-state index contributed by atoms with van der Waals surface area (Å²) in [4.78, 5) is 4.02. The van der Waals surface area contributed by atoms with Gasteiger partial charge in [-0.3, -0.25) is 4.68 Å². The highest BCUT2D eigenvalue weighted by atomic mass is 19.1. The largest absolute Gasteiger partial charge is 0.329 e. The molecule has 0 aliphatic carbocycles. The summed E-state index contributed by atoms with van der Waals surface area (Å²) in [5.41, 5.74) is 5.79. The van der Waals surface area contributed by atoms with Crippen LogP contribution >= 0.6 is 0 Å². The van der Waals surface area contributed by atoms with Crippen molar-refractivity contribution in [3.63, 3.8) is 0 Å². The summed E-state index contributed by atoms with van der Waals surface area (Å²) >= 11 is 0. The van der Waals surface area contributed by atoms with Crippen LogP contribution in [0, 0.1) is 5.82 Å². The van der Waals surface area contributed by atoms with Gasteiger partial charge in [0.1, 0.15) is 12.1 Å². The second-order valence-electron chi connectivity index (χ2n) is 3.10. The molecule has 0 fully saturated rings. The third-order valence-electron chi connectivity index (χ3n) is 2.01. The topological polar surface area (TPSA) is 56.7 Å². The minimum atomic E-state index is -0.317. The van der Waals surface area contributed by atoms with Crippen molar-refractivity contribution in [1.29, 1.82) is 0 Å². The van der Waals surface area contributed by atoms with E-state index in [1.165, 1.54) is 6.07 Å². The van der Waals surface area contributed by atoms with Crippen LogP contribution in [-0.4, -0.2) is 21.3 Å². The monoisotopic (exact) mass is 206 g/mol. The molecule has 2 aromatic rings. The van der Waals surface area contributed by atoms with Gasteiger partial charge in [-0.15, -0.1) is 0 Å². The Morgan fingerprint density at radius 1 is 1.33 bits per heavy atom. The maximum Gasteiger partial charge on any atom is 0.184 e. The van der Waals surface area contributed by atoms with E-state index < -0.39 is 0 Å². The Kier molecular flexibility index (Phi) is 2.73. The number of aromatic nitrogens is 3. The SMILES string of the molecule is NCCn1cnc(-c2ccccc2F)n1. The zero-order valence-electron chi connectivity index (χ0n) is 8.10. The molecule has 0 saturated carbocycles. The molecule has 2 rings (SSSR count). The lowest BCUT2D eigenvalue weighted by Crippen LogP contribution is -2.10. The van der Waals surface area contributed by atoms with E-state index in [2.05, 4.69) is 10.1 Å². The van der Waals surface area contributed by atoms with E-state index in [0.29, 0.717) is 24.5 Å². The molecule has 4 nitrogen and oxygen atoms in total. The van der Waals surface area contributed by atoms with Crippen LogP contribution in [0.1, 0.15) is 0 Å². The van der Waals surface area contributed by atoms with Gasteiger partial charge in [0.2, 0.25) is 0 Å². The predicted octanol–water partition coefficient (Wildman–Crippen LogP) is 1.04. The van der Waals surface area contributed by atoms with Gasteiger partial charge in [-0.2, -0.15) is 5.10 Å². The first-order chi connectivity index (χ1) is 7.31. The second-order valence-corrected chi connectivity index (χ2v) is 3.10. The van der Waals surface area contributed by atoms with Crippen LogP contribution in [0.3, 0.4) is 0 Å². The molecular formula is C10H11FN4. The average molecular weight is 206 g/mol. The zero-order chi connectivity index (χ0) is 10.7. The van der Waals surface area contributed by atoms with Crippen LogP contribution in [0.5, 0.6) is 0 Å². The number of hydrogen-bond donors (Lipinski definition) is 1. The van der Waals surface area contributed by atoms with Crippen molar-refractivity contribution in [3.8, 4) is 11.4 Å². The molecule has 5 heteroatoms. The molecule has 0 radical (unpaired) electrons. The fourth-order valence-electron chi connectivity index (χ4n) is 1.30. The van der Waals surface area contributed by atoms with Crippen molar-refractivity contribution in [1.82, 2.24) is 14.8 Å². The minimum absolute atomic E-state index is 0.317. The van der Waals surface area contributed by atoms with Gasteiger partial charge in [0.15, 0.2) is 5.82 Å². The summed E-state index contributed by atoms with van der Waals surface area (Å²) in [7, 11) is 0. The standard InChI is InChI=1S/C10H11FN4/c11-9-4-2-1-3-8(9)10-13-7-15(14-10)6-5-12/h1-4,7H,5-6,12H2. The molecule has 1 heterocycles. The lowest BCUT2D eigenvalue weighted by atomic mass is 10.2. The van der Waals surface area contributed by atoms with Crippen LogP contribution in [0.15, 0.2) is 30.6 Å². The van der Waals surface area contributed by atoms with Crippen molar-refractivity contribution >= 4 is 0 Å². The molecule has 0 bridgehead atoms. The van der Waals surface area contributed by atoms with Gasteiger partial charge in [-0.1, -0.05) is 12.1 Å². The maximum atomic E-state index is 13.4. The maximum absolute atomic E-state index is 13.4. The summed E-state index contributed by atoms with van der Waals surface area (Å²) < 4.78 is 15.0. The van der Waals surface area contributed by atoms with Gasteiger partial charge >= 0.3 is 0 Å². The molecule has 0 aliphatic heterocycles. The fourth-order valence-corrected chi connectivity index (χ4v) is 1.30. The highest BCUT2D eigenvalue weighted by Crippen LogP contribution is 2.17. The van der Waals surface area contributed by atoms with E-state index in [1.54, 1.807) is 29.2 Å². The minimum Gasteiger partial charge on any atom is -0.329 e. The van der Waals surface area contributed by atoms with Gasteiger partial charge in [-0.05, 0) is 12.1 Å². The average Bonchev–Trinajstić information content (AvgIpc) is 2.68. The Bertz CT molecular complexity index is 452. The highest BCUT2D eigenvalue weighted by Gasteiger charge is 2.08. The molecule has 0 saturated heterocycles. The van der Waals surface area contributed by atoms with Gasteiger partial charge in [0, 0.05) is 6.54 Å². The summed E-state index contributed by atoms with van der Waals surface area (Å²) in [5.74, 6) is 0.0737. The Balaban J connectivity index is 2.33. The van der Waals surface area contributed by atoms with Crippen molar-refractivity contribution in [3.05, 3.63) is 36.4 Å². The van der Waals surface area contributed by atoms with Crippen LogP contribution in [0.25, 0.3) is 11.4 Å². The highest BCUT2D eigenvalue weighted by molar-refractivity contribution is 5.54. The van der Waals surface area contributed by atoms with Gasteiger partial charge in [0.25, 0.3) is 0 Å². The molecule has 0 spiro atoms. The van der Waals surface area contributed by atoms with Crippen molar-refractivity contribution in [2.24, 2.45) is 5.73 Å². The van der Waals surface area contributed by atoms with E-state index in [-0.39, 0.29) is 5.82 Å². The third-order valence-corrected chi connectivity index (χ3v) is 2.01. The Labute approximate surface area is 86.6 Å². The first-order valence-electron chi connectivity index (χ1n) is 4.65. The number of nitrogens with two attached hydrogens (primary N) is 1. The van der Waals surface area contributed by atoms with E-state index >= 15 is 0 Å². The predicted molar refractivity (Wildman–Crippen MR) is 54.5 cm³/mol. The number of halogens is 1. The molecule has 1 aromatic carbocycles. The van der Waals surface area contributed by atoms with Crippen LogP contribution in [0.2, 0.25) is 0 Å². The summed E-state index contributed by atoms with van der Waals surface area (Å²) in [6.07, 6.45) is 1.55. The zero-order valence-corrected chi connectivity index (χ0v) is 8.10. The molecule has 0 amide bonds. The number of rotatable bonds is 3. The molecular weight excluding hydrogens is 195 g/mol. The third kappa shape index (κ3) is 2.02. The van der Waals surface area contributed by atoms with Gasteiger partial charge in [-0.25, -0.2) is 9.37 Å². The van der Waals surface area contributed by atoms with E-state index in [9.17, 15) is 4.39 Å². The molecule has 2 N–H and O–H groups in total. The van der Waals surface area contributed by atoms with Gasteiger partial charge in [0.05, 0.1) is 12.1 Å². The summed E-state index contributed by atoms with van der Waals surface area (Å²) in [6.45, 7) is 1.07. The van der Waals surface area contributed by atoms with Crippen LogP contribution in [-0.2, 0) is 6.54 Å². The molecule has 0 unspecified atom stereocenters. The van der Waals surface area contributed by atoms with E-state index in [0.717, 1.165) is 0 Å². The van der Waals surface area contributed by atoms with E-state index in [1.807, 2.05) is 0 Å². The lowest BCUT2D eigenvalue weighted by molar-refractivity contribution is 0.618. The number of nitrogens with zero attached hydrogens (tertiary/aromatic N) is 3. The molecule has 0 aliphatic rings. The Morgan fingerprint density at radius 2 is 2.13 bits per heavy atom. The normalized spacial score (nSPS) is 10.5. The molecule has 0 atom stereocenters. The van der Waals surface area contributed by atoms with E-state index in [4.69, 9.17) is 5.73 Å². The van der Waals surface area contributed by atoms with Crippen LogP contribution in [0.4, 0.5) is 4.39 Å². The smallest absolute Gasteiger partial charge is 0.184 e. The van der Waals surface area contributed by atoms with Crippen molar-refractivity contribution in [2.75, 3.05) is 6.54 Å². The lowest BCUT2D eigenvalue weighted by Gasteiger charge is -1.97. The summed E-state index contributed by atoms with van der Waals surface area (Å²) in [5, 5.41) is 4.12. The number of benzene rings is 1. The first kappa shape index (κ1) is 9.79. The first-order valence-corrected chi connectivity index (χ1v) is 4.65. The van der Waals surface area contributed by atoms with Crippen molar-refractivity contribution in [2.45, 2.75) is 6.54 Å². The van der Waals surface area contributed by atoms with Crippen molar-refractivity contribution < 1.29 is 4.39 Å². The second kappa shape index (κ2) is 4.18. The molecule has 15 heavy (non-hydrogen) atoms. The van der Waals surface area contributed by atoms with Crippen LogP contribution < -0.4 is 5.73 Å². The molecule has 1 aromatic heterocycles. The quantitative estimate of drug-likeness (QED) is 0.816. The van der Waals surface area contributed by atoms with Gasteiger partial charge < -0.3 is 5.73 Å². The number of hydrogen-bond acceptors (Lipinski definition) is 3. The fraction of sp³-hybridized carbons (Fsp3) is 0.200.